The number of ether oxygens (including phenoxy) is 1. The number of benzene rings is 2. The molecular formula is C33H42ClN3O5S. The maximum atomic E-state index is 13.7. The lowest BCUT2D eigenvalue weighted by Gasteiger charge is -2.45. The molecule has 10 heteroatoms. The first kappa shape index (κ1) is 30.4. The van der Waals surface area contributed by atoms with E-state index in [1.165, 1.54) is 17.2 Å². The molecule has 0 aromatic heterocycles. The van der Waals surface area contributed by atoms with Gasteiger partial charge in [-0.05, 0) is 106 Å². The number of aliphatic hydroxyl groups excluding tert-OH is 1. The van der Waals surface area contributed by atoms with E-state index >= 15 is 0 Å². The fourth-order valence-electron chi connectivity index (χ4n) is 7.49. The molecule has 8 nitrogen and oxygen atoms in total. The van der Waals surface area contributed by atoms with E-state index in [0.717, 1.165) is 37.1 Å². The molecule has 2 bridgehead atoms. The van der Waals surface area contributed by atoms with Gasteiger partial charge in [-0.15, -0.1) is 0 Å². The molecule has 6 rings (SSSR count). The van der Waals surface area contributed by atoms with E-state index in [0.29, 0.717) is 44.2 Å². The van der Waals surface area contributed by atoms with Gasteiger partial charge < -0.3 is 14.7 Å². The molecule has 2 aliphatic carbocycles. The Kier molecular flexibility index (Phi) is 8.07. The van der Waals surface area contributed by atoms with Crippen molar-refractivity contribution in [3.63, 3.8) is 0 Å². The molecule has 2 aliphatic heterocycles. The number of sulfonamides is 1. The number of fused-ring (bicyclic) bond motifs is 4. The van der Waals surface area contributed by atoms with E-state index in [1.807, 2.05) is 30.0 Å². The lowest BCUT2D eigenvalue weighted by Crippen LogP contribution is -2.56. The quantitative estimate of drug-likeness (QED) is 0.443. The molecule has 1 fully saturated rings. The van der Waals surface area contributed by atoms with Crippen molar-refractivity contribution in [2.75, 3.05) is 37.7 Å². The highest BCUT2D eigenvalue weighted by Crippen LogP contribution is 2.47. The minimum atomic E-state index is -4.16. The summed E-state index contributed by atoms with van der Waals surface area (Å²) in [5, 5.41) is 11.9. The van der Waals surface area contributed by atoms with Crippen LogP contribution in [-0.4, -0.2) is 68.8 Å². The number of nitrogens with one attached hydrogen (secondary N) is 1. The molecule has 0 radical (unpaired) electrons. The zero-order chi connectivity index (χ0) is 30.6. The van der Waals surface area contributed by atoms with Crippen molar-refractivity contribution in [1.29, 1.82) is 0 Å². The normalized spacial score (nSPS) is 31.0. The van der Waals surface area contributed by atoms with Crippen LogP contribution in [0.25, 0.3) is 0 Å². The van der Waals surface area contributed by atoms with Gasteiger partial charge in [0, 0.05) is 30.1 Å². The molecule has 2 heterocycles. The lowest BCUT2D eigenvalue weighted by atomic mass is 9.68. The first-order valence-corrected chi connectivity index (χ1v) is 17.3. The smallest absolute Gasteiger partial charge is 0.264 e. The number of rotatable bonds is 1. The zero-order valence-electron chi connectivity index (χ0n) is 25.2. The second kappa shape index (κ2) is 11.4. The Balaban J connectivity index is 1.44. The van der Waals surface area contributed by atoms with Crippen molar-refractivity contribution in [1.82, 2.24) is 9.62 Å². The van der Waals surface area contributed by atoms with Gasteiger partial charge in [-0.2, -0.15) is 0 Å². The number of anilines is 1. The van der Waals surface area contributed by atoms with Gasteiger partial charge in [-0.1, -0.05) is 36.7 Å². The molecule has 2 aromatic rings. The molecule has 232 valence electrons. The van der Waals surface area contributed by atoms with Crippen LogP contribution in [0, 0.1) is 11.8 Å². The van der Waals surface area contributed by atoms with Crippen LogP contribution in [0.3, 0.4) is 0 Å². The summed E-state index contributed by atoms with van der Waals surface area (Å²) in [6.45, 7) is 8.11. The van der Waals surface area contributed by atoms with Gasteiger partial charge in [0.05, 0.1) is 28.8 Å². The highest BCUT2D eigenvalue weighted by molar-refractivity contribution is 7.90. The molecule has 2 aromatic carbocycles. The van der Waals surface area contributed by atoms with E-state index < -0.39 is 27.6 Å². The monoisotopic (exact) mass is 627 g/mol. The van der Waals surface area contributed by atoms with Gasteiger partial charge in [-0.3, -0.25) is 9.69 Å². The SMILES string of the molecule is CCN1C/C=C/[C@H](O)[C@@H]2CC[C@H]2CN2C[C@@]3(CCCc4cc(Cl)ccc43)COc3ccc(cc32)S(=O)(=O)NC(=O)C1(C)C. The van der Waals surface area contributed by atoms with Crippen LogP contribution >= 0.6 is 11.6 Å². The number of aliphatic hydroxyl groups is 1. The number of aryl methyl sites for hydroxylation is 1. The Morgan fingerprint density at radius 1 is 1.16 bits per heavy atom. The van der Waals surface area contributed by atoms with E-state index in [-0.39, 0.29) is 22.1 Å². The largest absolute Gasteiger partial charge is 0.490 e. The van der Waals surface area contributed by atoms with Crippen molar-refractivity contribution in [3.8, 4) is 5.75 Å². The topological polar surface area (TPSA) is 99.2 Å². The van der Waals surface area contributed by atoms with Gasteiger partial charge in [0.25, 0.3) is 15.9 Å². The summed E-state index contributed by atoms with van der Waals surface area (Å²) in [7, 11) is -4.16. The number of likely N-dealkylation sites (N-methyl/N-ethyl adjacent to an activating group) is 1. The Morgan fingerprint density at radius 3 is 2.72 bits per heavy atom. The number of hydrogen-bond donors (Lipinski definition) is 2. The lowest BCUT2D eigenvalue weighted by molar-refractivity contribution is -0.129. The third-order valence-corrected chi connectivity index (χ3v) is 11.9. The summed E-state index contributed by atoms with van der Waals surface area (Å²) in [6.07, 6.45) is 7.98. The molecule has 1 amide bonds. The van der Waals surface area contributed by atoms with Crippen LogP contribution in [0.1, 0.15) is 57.6 Å². The van der Waals surface area contributed by atoms with Crippen LogP contribution in [0.5, 0.6) is 5.75 Å². The molecule has 4 atom stereocenters. The number of carbonyl (C=O) groups excluding carboxylic acids is 1. The van der Waals surface area contributed by atoms with Crippen molar-refractivity contribution in [3.05, 3.63) is 64.7 Å². The molecule has 1 spiro atoms. The van der Waals surface area contributed by atoms with E-state index in [2.05, 4.69) is 21.8 Å². The number of amides is 1. The molecule has 0 saturated heterocycles. The molecular weight excluding hydrogens is 586 g/mol. The molecule has 4 aliphatic rings. The van der Waals surface area contributed by atoms with Crippen LogP contribution in [-0.2, 0) is 26.7 Å². The number of hydrogen-bond acceptors (Lipinski definition) is 7. The van der Waals surface area contributed by atoms with E-state index in [9.17, 15) is 18.3 Å². The highest BCUT2D eigenvalue weighted by Gasteiger charge is 2.44. The van der Waals surface area contributed by atoms with Crippen molar-refractivity contribution in [2.24, 2.45) is 11.8 Å². The van der Waals surface area contributed by atoms with Gasteiger partial charge >= 0.3 is 0 Å². The molecule has 43 heavy (non-hydrogen) atoms. The van der Waals surface area contributed by atoms with Crippen LogP contribution in [0.15, 0.2) is 53.4 Å². The summed E-state index contributed by atoms with van der Waals surface area (Å²) in [4.78, 5) is 17.6. The second-order valence-corrected chi connectivity index (χ2v) is 15.3. The van der Waals surface area contributed by atoms with Crippen LogP contribution in [0.2, 0.25) is 5.02 Å². The minimum absolute atomic E-state index is 0.0241. The van der Waals surface area contributed by atoms with Crippen LogP contribution in [0.4, 0.5) is 5.69 Å². The first-order valence-electron chi connectivity index (χ1n) is 15.4. The predicted octanol–water partition coefficient (Wildman–Crippen LogP) is 4.68. The zero-order valence-corrected chi connectivity index (χ0v) is 26.8. The van der Waals surface area contributed by atoms with Gasteiger partial charge in [0.2, 0.25) is 0 Å². The summed E-state index contributed by atoms with van der Waals surface area (Å²) < 4.78 is 36.2. The fraction of sp³-hybridized carbons (Fsp3) is 0.545. The number of carbonyl (C=O) groups is 1. The van der Waals surface area contributed by atoms with Gasteiger partial charge in [0.1, 0.15) is 5.75 Å². The number of halogens is 1. The standard InChI is InChI=1S/C33H42ClN3O5S/c1-4-37-16-6-8-29(38)26-12-9-23(26)19-36-20-33(15-5-7-22-17-24(34)10-13-27(22)33)21-42-30-14-11-25(18-28(30)36)43(40,41)35-31(39)32(37,2)3/h6,8,10-11,13-14,17-18,23,26,29,38H,4-5,7,9,12,15-16,19-21H2,1-3H3,(H,35,39)/b8-6+/t23-,26+,29-,33-/m0/s1. The summed E-state index contributed by atoms with van der Waals surface area (Å²) in [5.74, 6) is 0.359. The minimum Gasteiger partial charge on any atom is -0.490 e. The molecule has 0 unspecified atom stereocenters. The number of nitrogens with zero attached hydrogens (tertiary/aromatic N) is 2. The predicted molar refractivity (Wildman–Crippen MR) is 168 cm³/mol. The van der Waals surface area contributed by atoms with Gasteiger partial charge in [0.15, 0.2) is 0 Å². The molecule has 1 saturated carbocycles. The Hall–Kier alpha value is -2.59. The highest BCUT2D eigenvalue weighted by atomic mass is 35.5. The van der Waals surface area contributed by atoms with E-state index in [4.69, 9.17) is 16.3 Å². The Bertz CT molecular complexity index is 1540. The maximum Gasteiger partial charge on any atom is 0.264 e. The average Bonchev–Trinajstić information content (AvgIpc) is 3.09. The third kappa shape index (κ3) is 5.58. The summed E-state index contributed by atoms with van der Waals surface area (Å²) in [5.41, 5.74) is 1.78. The summed E-state index contributed by atoms with van der Waals surface area (Å²) in [6, 6.07) is 11.0. The van der Waals surface area contributed by atoms with E-state index in [1.54, 1.807) is 26.0 Å². The first-order chi connectivity index (χ1) is 20.4. The Morgan fingerprint density at radius 2 is 1.98 bits per heavy atom. The second-order valence-electron chi connectivity index (χ2n) is 13.2. The van der Waals surface area contributed by atoms with Crippen molar-refractivity contribution < 1.29 is 23.1 Å². The average molecular weight is 628 g/mol. The molecule has 2 N–H and O–H groups in total. The third-order valence-electron chi connectivity index (χ3n) is 10.3. The van der Waals surface area contributed by atoms with Crippen molar-refractivity contribution in [2.45, 2.75) is 74.8 Å². The van der Waals surface area contributed by atoms with Crippen molar-refractivity contribution >= 4 is 33.2 Å². The fourth-order valence-corrected chi connectivity index (χ4v) is 8.81. The summed E-state index contributed by atoms with van der Waals surface area (Å²) >= 11 is 6.39. The maximum absolute atomic E-state index is 13.7. The van der Waals surface area contributed by atoms with Gasteiger partial charge in [-0.25, -0.2) is 13.1 Å². The Labute approximate surface area is 260 Å². The van der Waals surface area contributed by atoms with Crippen LogP contribution < -0.4 is 14.4 Å².